The molecule has 0 unspecified atom stereocenters. The topological polar surface area (TPSA) is 55.8 Å². The van der Waals surface area contributed by atoms with Gasteiger partial charge in [0.1, 0.15) is 17.7 Å². The average Bonchev–Trinajstić information content (AvgIpc) is 2.80. The van der Waals surface area contributed by atoms with Gasteiger partial charge in [0.05, 0.1) is 0 Å². The number of hydrogen-bond acceptors (Lipinski definition) is 4. The number of rotatable bonds is 0. The molecule has 0 aromatic heterocycles. The van der Waals surface area contributed by atoms with E-state index in [-0.39, 0.29) is 12.1 Å². The lowest BCUT2D eigenvalue weighted by Gasteiger charge is -2.25. The van der Waals surface area contributed by atoms with Gasteiger partial charge in [-0.1, -0.05) is 24.3 Å². The highest BCUT2D eigenvalue weighted by Crippen LogP contribution is 2.42. The van der Waals surface area contributed by atoms with Gasteiger partial charge in [-0.05, 0) is 31.9 Å². The van der Waals surface area contributed by atoms with E-state index in [9.17, 15) is 9.59 Å². The highest BCUT2D eigenvalue weighted by molar-refractivity contribution is 5.90. The van der Waals surface area contributed by atoms with Crippen molar-refractivity contribution in [2.24, 2.45) is 0 Å². The number of carbonyl (C=O) groups excluding carboxylic acids is 2. The molecule has 1 heterocycles. The maximum atomic E-state index is 12.2. The molecule has 1 aromatic rings. The Morgan fingerprint density at radius 1 is 1.35 bits per heavy atom. The Bertz CT molecular complexity index is 575. The molecule has 0 bridgehead atoms. The molecule has 2 aliphatic rings. The van der Waals surface area contributed by atoms with E-state index in [1.54, 1.807) is 20.8 Å². The van der Waals surface area contributed by atoms with Crippen LogP contribution in [0.2, 0.25) is 0 Å². The molecule has 1 aliphatic carbocycles. The van der Waals surface area contributed by atoms with E-state index in [4.69, 9.17) is 9.47 Å². The van der Waals surface area contributed by atoms with Crippen molar-refractivity contribution in [3.63, 3.8) is 0 Å². The minimum Gasteiger partial charge on any atom is -0.443 e. The van der Waals surface area contributed by atoms with Crippen LogP contribution in [0.3, 0.4) is 0 Å². The fraction of sp³-hybridized carbons (Fsp3) is 0.467. The predicted molar refractivity (Wildman–Crippen MR) is 71.2 cm³/mol. The largest absolute Gasteiger partial charge is 0.443 e. The number of benzene rings is 1. The minimum atomic E-state index is -0.647. The third-order valence-electron chi connectivity index (χ3n) is 3.46. The van der Waals surface area contributed by atoms with Crippen LogP contribution in [-0.2, 0) is 15.9 Å². The maximum Gasteiger partial charge on any atom is 0.420 e. The fourth-order valence-corrected chi connectivity index (χ4v) is 2.75. The van der Waals surface area contributed by atoms with Gasteiger partial charge in [0.2, 0.25) is 0 Å². The minimum absolute atomic E-state index is 0.299. The normalized spacial score (nSPS) is 24.1. The Morgan fingerprint density at radius 3 is 2.75 bits per heavy atom. The molecule has 0 N–H and O–H groups in total. The summed E-state index contributed by atoms with van der Waals surface area (Å²) in [5, 5.41) is 0. The number of carbonyl (C=O) groups is 2. The lowest BCUT2D eigenvalue weighted by Crippen LogP contribution is -2.39. The van der Waals surface area contributed by atoms with E-state index < -0.39 is 17.8 Å². The second-order valence-electron chi connectivity index (χ2n) is 6.12. The van der Waals surface area contributed by atoms with Crippen LogP contribution < -0.4 is 0 Å². The van der Waals surface area contributed by atoms with Crippen molar-refractivity contribution in [2.45, 2.75) is 44.9 Å². The Morgan fingerprint density at radius 2 is 2.05 bits per heavy atom. The van der Waals surface area contributed by atoms with Crippen LogP contribution >= 0.6 is 0 Å². The predicted octanol–water partition coefficient (Wildman–Crippen LogP) is 3.04. The Balaban J connectivity index is 1.92. The van der Waals surface area contributed by atoms with Crippen LogP contribution in [0.4, 0.5) is 9.59 Å². The monoisotopic (exact) mass is 275 g/mol. The van der Waals surface area contributed by atoms with E-state index in [1.807, 2.05) is 24.3 Å². The molecule has 0 spiro atoms. The van der Waals surface area contributed by atoms with Crippen molar-refractivity contribution >= 4 is 12.2 Å². The smallest absolute Gasteiger partial charge is 0.420 e. The summed E-state index contributed by atoms with van der Waals surface area (Å²) in [6, 6.07) is 7.40. The second kappa shape index (κ2) is 4.23. The summed E-state index contributed by atoms with van der Waals surface area (Å²) in [7, 11) is 0. The summed E-state index contributed by atoms with van der Waals surface area (Å²) in [5.41, 5.74) is 1.44. The van der Waals surface area contributed by atoms with E-state index in [0.29, 0.717) is 6.42 Å². The lowest BCUT2D eigenvalue weighted by molar-refractivity contribution is 0.0289. The quantitative estimate of drug-likeness (QED) is 0.730. The molecule has 2 atom stereocenters. The van der Waals surface area contributed by atoms with Crippen LogP contribution in [-0.4, -0.2) is 28.8 Å². The molecule has 1 fully saturated rings. The van der Waals surface area contributed by atoms with Crippen molar-refractivity contribution in [3.8, 4) is 0 Å². The highest BCUT2D eigenvalue weighted by atomic mass is 16.6. The van der Waals surface area contributed by atoms with E-state index >= 15 is 0 Å². The number of hydrogen-bond donors (Lipinski definition) is 0. The zero-order valence-electron chi connectivity index (χ0n) is 11.8. The van der Waals surface area contributed by atoms with Crippen LogP contribution in [0.5, 0.6) is 0 Å². The van der Waals surface area contributed by atoms with Crippen molar-refractivity contribution in [2.75, 3.05) is 0 Å². The summed E-state index contributed by atoms with van der Waals surface area (Å²) in [6.45, 7) is 5.31. The van der Waals surface area contributed by atoms with Gasteiger partial charge in [0.25, 0.3) is 0 Å². The average molecular weight is 275 g/mol. The molecular formula is C15H17NO4. The van der Waals surface area contributed by atoms with Gasteiger partial charge in [0, 0.05) is 6.42 Å². The molecular weight excluding hydrogens is 258 g/mol. The molecule has 106 valence electrons. The molecule has 5 heteroatoms. The highest BCUT2D eigenvalue weighted by Gasteiger charge is 2.51. The van der Waals surface area contributed by atoms with Crippen LogP contribution in [0.15, 0.2) is 24.3 Å². The summed E-state index contributed by atoms with van der Waals surface area (Å²) in [5.74, 6) is 0. The van der Waals surface area contributed by atoms with E-state index in [1.165, 1.54) is 0 Å². The van der Waals surface area contributed by atoms with Gasteiger partial charge in [-0.2, -0.15) is 0 Å². The van der Waals surface area contributed by atoms with Crippen molar-refractivity contribution < 1.29 is 19.1 Å². The molecule has 3 rings (SSSR count). The van der Waals surface area contributed by atoms with Gasteiger partial charge in [-0.3, -0.25) is 0 Å². The van der Waals surface area contributed by atoms with Crippen molar-refractivity contribution in [3.05, 3.63) is 35.4 Å². The van der Waals surface area contributed by atoms with Crippen molar-refractivity contribution in [1.82, 2.24) is 4.90 Å². The Labute approximate surface area is 117 Å². The number of amides is 2. The van der Waals surface area contributed by atoms with Crippen molar-refractivity contribution in [1.29, 1.82) is 0 Å². The molecule has 0 radical (unpaired) electrons. The molecule has 20 heavy (non-hydrogen) atoms. The van der Waals surface area contributed by atoms with Gasteiger partial charge in [0.15, 0.2) is 0 Å². The Kier molecular flexibility index (Phi) is 2.74. The van der Waals surface area contributed by atoms with Gasteiger partial charge in [-0.25, -0.2) is 14.5 Å². The maximum absolute atomic E-state index is 12.2. The second-order valence-corrected chi connectivity index (χ2v) is 6.12. The first-order valence-corrected chi connectivity index (χ1v) is 6.67. The summed E-state index contributed by atoms with van der Waals surface area (Å²) in [6.07, 6.45) is -0.922. The molecule has 1 aromatic carbocycles. The summed E-state index contributed by atoms with van der Waals surface area (Å²) in [4.78, 5) is 25.3. The first-order chi connectivity index (χ1) is 9.37. The van der Waals surface area contributed by atoms with E-state index in [2.05, 4.69) is 0 Å². The van der Waals surface area contributed by atoms with Crippen LogP contribution in [0.25, 0.3) is 0 Å². The number of ether oxygens (including phenoxy) is 2. The van der Waals surface area contributed by atoms with Gasteiger partial charge < -0.3 is 9.47 Å². The summed E-state index contributed by atoms with van der Waals surface area (Å²) >= 11 is 0. The first kappa shape index (κ1) is 13.0. The third-order valence-corrected chi connectivity index (χ3v) is 3.46. The third kappa shape index (κ3) is 2.03. The summed E-state index contributed by atoms with van der Waals surface area (Å²) < 4.78 is 10.6. The SMILES string of the molecule is CC(C)(C)OC(=O)N1C(=O)O[C@@H]2Cc3ccccc3[C@@H]21. The zero-order valence-corrected chi connectivity index (χ0v) is 11.8. The van der Waals surface area contributed by atoms with Gasteiger partial charge in [-0.15, -0.1) is 0 Å². The molecule has 1 aliphatic heterocycles. The van der Waals surface area contributed by atoms with Crippen LogP contribution in [0, 0.1) is 0 Å². The standard InChI is InChI=1S/C15H17NO4/c1-15(2,3)20-14(18)16-12-10-7-5-4-6-9(10)8-11(12)19-13(16)17/h4-7,11-12H,8H2,1-3H3/t11-,12+/m1/s1. The number of fused-ring (bicyclic) bond motifs is 3. The molecule has 5 nitrogen and oxygen atoms in total. The molecule has 2 amide bonds. The molecule has 1 saturated heterocycles. The molecule has 0 saturated carbocycles. The lowest BCUT2D eigenvalue weighted by atomic mass is 10.1. The Hall–Kier alpha value is -2.04. The number of imide groups is 1. The fourth-order valence-electron chi connectivity index (χ4n) is 2.75. The zero-order chi connectivity index (χ0) is 14.5. The van der Waals surface area contributed by atoms with Crippen LogP contribution in [0.1, 0.15) is 37.9 Å². The van der Waals surface area contributed by atoms with E-state index in [0.717, 1.165) is 16.0 Å². The first-order valence-electron chi connectivity index (χ1n) is 6.67. The number of nitrogens with zero attached hydrogens (tertiary/aromatic N) is 1. The van der Waals surface area contributed by atoms with Gasteiger partial charge >= 0.3 is 12.2 Å².